The number of fused-ring (bicyclic) bond motifs is 2. The average molecular weight is 374 g/mol. The number of benzene rings is 2. The Morgan fingerprint density at radius 1 is 0.964 bits per heavy atom. The molecule has 0 aliphatic heterocycles. The van der Waals surface area contributed by atoms with Gasteiger partial charge < -0.3 is 15.6 Å². The largest absolute Gasteiger partial charge is 0.382 e. The molecule has 0 radical (unpaired) electrons. The summed E-state index contributed by atoms with van der Waals surface area (Å²) in [6.07, 6.45) is 10.0. The van der Waals surface area contributed by atoms with Gasteiger partial charge in [0.15, 0.2) is 0 Å². The van der Waals surface area contributed by atoms with E-state index in [1.807, 2.05) is 6.20 Å². The number of rotatable bonds is 6. The number of hydrogen-bond donors (Lipinski definition) is 4. The third-order valence-corrected chi connectivity index (χ3v) is 6.04. The van der Waals surface area contributed by atoms with E-state index >= 15 is 0 Å². The summed E-state index contributed by atoms with van der Waals surface area (Å²) in [7, 11) is 0. The Bertz CT molecular complexity index is 1050. The lowest BCUT2D eigenvalue weighted by molar-refractivity contribution is 0.356. The van der Waals surface area contributed by atoms with Crippen molar-refractivity contribution in [2.45, 2.75) is 44.2 Å². The molecule has 1 saturated carbocycles. The highest BCUT2D eigenvalue weighted by Crippen LogP contribution is 2.24. The van der Waals surface area contributed by atoms with Gasteiger partial charge in [0.25, 0.3) is 0 Å². The maximum absolute atomic E-state index is 4.10. The summed E-state index contributed by atoms with van der Waals surface area (Å²) in [5, 5.41) is 17.1. The quantitative estimate of drug-likeness (QED) is 0.399. The second kappa shape index (κ2) is 7.68. The van der Waals surface area contributed by atoms with Crippen LogP contribution in [0.4, 0.5) is 5.69 Å². The minimum Gasteiger partial charge on any atom is -0.382 e. The smallest absolute Gasteiger partial charge is 0.0651 e. The number of aromatic amines is 2. The van der Waals surface area contributed by atoms with Crippen molar-refractivity contribution in [2.75, 3.05) is 11.9 Å². The van der Waals surface area contributed by atoms with Gasteiger partial charge in [-0.1, -0.05) is 18.2 Å². The van der Waals surface area contributed by atoms with Gasteiger partial charge in [-0.2, -0.15) is 5.10 Å². The van der Waals surface area contributed by atoms with Crippen LogP contribution < -0.4 is 10.6 Å². The monoisotopic (exact) mass is 373 g/mol. The normalized spacial score (nSPS) is 20.0. The molecule has 2 aromatic carbocycles. The number of aromatic nitrogens is 3. The van der Waals surface area contributed by atoms with Gasteiger partial charge in [0.05, 0.1) is 11.7 Å². The molecule has 2 aromatic heterocycles. The topological polar surface area (TPSA) is 68.5 Å². The summed E-state index contributed by atoms with van der Waals surface area (Å²) in [6.45, 7) is 1.04. The molecule has 1 fully saturated rings. The van der Waals surface area contributed by atoms with Gasteiger partial charge in [-0.05, 0) is 68.5 Å². The SMILES string of the molecule is c1ccc2c(CCNC3CCC(Nc4ccc5[nH]ncc5c4)CC3)c[nH]c2c1. The van der Waals surface area contributed by atoms with Crippen molar-refractivity contribution in [2.24, 2.45) is 0 Å². The highest BCUT2D eigenvalue weighted by atomic mass is 15.1. The van der Waals surface area contributed by atoms with Gasteiger partial charge >= 0.3 is 0 Å². The van der Waals surface area contributed by atoms with Crippen molar-refractivity contribution in [3.05, 3.63) is 60.4 Å². The Morgan fingerprint density at radius 3 is 2.75 bits per heavy atom. The highest BCUT2D eigenvalue weighted by molar-refractivity contribution is 5.83. The Labute approximate surface area is 164 Å². The lowest BCUT2D eigenvalue weighted by Crippen LogP contribution is -2.37. The lowest BCUT2D eigenvalue weighted by atomic mass is 9.91. The van der Waals surface area contributed by atoms with Crippen LogP contribution in [0.2, 0.25) is 0 Å². The number of H-pyrrole nitrogens is 2. The number of para-hydroxylation sites is 1. The molecular formula is C23H27N5. The van der Waals surface area contributed by atoms with Gasteiger partial charge in [0.2, 0.25) is 0 Å². The fourth-order valence-corrected chi connectivity index (χ4v) is 4.46. The number of nitrogens with one attached hydrogen (secondary N) is 4. The van der Waals surface area contributed by atoms with Crippen LogP contribution in [0.1, 0.15) is 31.2 Å². The van der Waals surface area contributed by atoms with E-state index in [1.54, 1.807) is 0 Å². The molecule has 0 atom stereocenters. The van der Waals surface area contributed by atoms with E-state index in [0.29, 0.717) is 12.1 Å². The van der Waals surface area contributed by atoms with Crippen molar-refractivity contribution in [1.29, 1.82) is 0 Å². The predicted molar refractivity (Wildman–Crippen MR) is 116 cm³/mol. The Balaban J connectivity index is 1.09. The summed E-state index contributed by atoms with van der Waals surface area (Å²) >= 11 is 0. The third-order valence-electron chi connectivity index (χ3n) is 6.04. The predicted octanol–water partition coefficient (Wildman–Crippen LogP) is 4.60. The summed E-state index contributed by atoms with van der Waals surface area (Å²) in [5.41, 5.74) is 4.93. The molecule has 1 aliphatic carbocycles. The number of hydrogen-bond acceptors (Lipinski definition) is 3. The Hall–Kier alpha value is -2.79. The summed E-state index contributed by atoms with van der Waals surface area (Å²) in [6, 6.07) is 16.2. The van der Waals surface area contributed by atoms with Crippen molar-refractivity contribution < 1.29 is 0 Å². The van der Waals surface area contributed by atoms with Gasteiger partial charge in [0.1, 0.15) is 0 Å². The van der Waals surface area contributed by atoms with E-state index in [1.165, 1.54) is 47.8 Å². The van der Waals surface area contributed by atoms with E-state index in [9.17, 15) is 0 Å². The molecule has 4 aromatic rings. The third kappa shape index (κ3) is 3.62. The van der Waals surface area contributed by atoms with E-state index < -0.39 is 0 Å². The molecule has 0 unspecified atom stereocenters. The zero-order valence-electron chi connectivity index (χ0n) is 16.0. The molecule has 0 saturated heterocycles. The number of nitrogens with zero attached hydrogens (tertiary/aromatic N) is 1. The molecule has 2 heterocycles. The Kier molecular flexibility index (Phi) is 4.75. The van der Waals surface area contributed by atoms with Crippen LogP contribution in [0.25, 0.3) is 21.8 Å². The van der Waals surface area contributed by atoms with Gasteiger partial charge in [-0.15, -0.1) is 0 Å². The molecule has 0 spiro atoms. The minimum absolute atomic E-state index is 0.566. The molecule has 5 nitrogen and oxygen atoms in total. The van der Waals surface area contributed by atoms with Crippen LogP contribution in [0.3, 0.4) is 0 Å². The number of anilines is 1. The highest BCUT2D eigenvalue weighted by Gasteiger charge is 2.20. The van der Waals surface area contributed by atoms with E-state index in [2.05, 4.69) is 74.5 Å². The van der Waals surface area contributed by atoms with Crippen molar-refractivity contribution in [3.8, 4) is 0 Å². The van der Waals surface area contributed by atoms with Crippen molar-refractivity contribution in [3.63, 3.8) is 0 Å². The Morgan fingerprint density at radius 2 is 1.82 bits per heavy atom. The molecule has 0 amide bonds. The first kappa shape index (κ1) is 17.3. The zero-order chi connectivity index (χ0) is 18.8. The van der Waals surface area contributed by atoms with Gasteiger partial charge in [-0.3, -0.25) is 5.10 Å². The van der Waals surface area contributed by atoms with Crippen LogP contribution >= 0.6 is 0 Å². The van der Waals surface area contributed by atoms with Gasteiger partial charge in [-0.25, -0.2) is 0 Å². The molecule has 5 heteroatoms. The van der Waals surface area contributed by atoms with E-state index in [0.717, 1.165) is 23.9 Å². The summed E-state index contributed by atoms with van der Waals surface area (Å²) in [5.74, 6) is 0. The first-order chi connectivity index (χ1) is 13.8. The van der Waals surface area contributed by atoms with Crippen LogP contribution in [-0.4, -0.2) is 33.8 Å². The zero-order valence-corrected chi connectivity index (χ0v) is 16.0. The van der Waals surface area contributed by atoms with Gasteiger partial charge in [0, 0.05) is 40.3 Å². The molecular weight excluding hydrogens is 346 g/mol. The maximum atomic E-state index is 4.10. The van der Waals surface area contributed by atoms with Crippen LogP contribution in [0.5, 0.6) is 0 Å². The standard InChI is InChI=1S/C23H27N5/c1-2-4-23-21(3-1)16(14-25-23)11-12-24-18-5-7-19(8-6-18)27-20-9-10-22-17(13-20)15-26-28-22/h1-4,9-10,13-15,18-19,24-25,27H,5-8,11-12H2,(H,26,28). The maximum Gasteiger partial charge on any atom is 0.0651 e. The summed E-state index contributed by atoms with van der Waals surface area (Å²) in [4.78, 5) is 3.37. The lowest BCUT2D eigenvalue weighted by Gasteiger charge is -2.30. The summed E-state index contributed by atoms with van der Waals surface area (Å²) < 4.78 is 0. The van der Waals surface area contributed by atoms with Crippen molar-refractivity contribution in [1.82, 2.24) is 20.5 Å². The van der Waals surface area contributed by atoms with Crippen molar-refractivity contribution >= 4 is 27.5 Å². The first-order valence-corrected chi connectivity index (χ1v) is 10.3. The molecule has 4 N–H and O–H groups in total. The average Bonchev–Trinajstić information content (AvgIpc) is 3.36. The minimum atomic E-state index is 0.566. The molecule has 1 aliphatic rings. The second-order valence-electron chi connectivity index (χ2n) is 7.93. The first-order valence-electron chi connectivity index (χ1n) is 10.3. The second-order valence-corrected chi connectivity index (χ2v) is 7.93. The fourth-order valence-electron chi connectivity index (χ4n) is 4.46. The molecule has 5 rings (SSSR count). The van der Waals surface area contributed by atoms with Crippen LogP contribution in [0, 0.1) is 0 Å². The van der Waals surface area contributed by atoms with E-state index in [-0.39, 0.29) is 0 Å². The van der Waals surface area contributed by atoms with Crippen LogP contribution in [-0.2, 0) is 6.42 Å². The molecule has 0 bridgehead atoms. The molecule has 144 valence electrons. The fraction of sp³-hybridized carbons (Fsp3) is 0.348. The van der Waals surface area contributed by atoms with Crippen LogP contribution in [0.15, 0.2) is 54.9 Å². The van der Waals surface area contributed by atoms with E-state index in [4.69, 9.17) is 0 Å². The molecule has 28 heavy (non-hydrogen) atoms.